The number of hydrogen-bond donors (Lipinski definition) is 1. The molecule has 3 nitrogen and oxygen atoms in total. The molecule has 2 unspecified atom stereocenters. The van der Waals surface area contributed by atoms with E-state index in [9.17, 15) is 0 Å². The number of nitrogens with zero attached hydrogens (tertiary/aromatic N) is 2. The molecule has 1 heterocycles. The van der Waals surface area contributed by atoms with Gasteiger partial charge < -0.3 is 5.73 Å². The Kier molecular flexibility index (Phi) is 5.36. The van der Waals surface area contributed by atoms with Gasteiger partial charge in [-0.15, -0.1) is 0 Å². The molecule has 2 N–H and O–H groups in total. The van der Waals surface area contributed by atoms with E-state index in [1.165, 1.54) is 84.0 Å². The molecule has 0 aromatic carbocycles. The number of hydrogen-bond acceptors (Lipinski definition) is 3. The summed E-state index contributed by atoms with van der Waals surface area (Å²) < 4.78 is 0. The summed E-state index contributed by atoms with van der Waals surface area (Å²) in [6, 6.07) is 1.70. The lowest BCUT2D eigenvalue weighted by molar-refractivity contribution is 0.0483. The van der Waals surface area contributed by atoms with Gasteiger partial charge in [0.2, 0.25) is 0 Å². The summed E-state index contributed by atoms with van der Waals surface area (Å²) in [5.41, 5.74) is 6.06. The van der Waals surface area contributed by atoms with Gasteiger partial charge in [0, 0.05) is 38.3 Å². The number of piperazine rings is 1. The van der Waals surface area contributed by atoms with E-state index < -0.39 is 0 Å². The molecule has 0 aromatic rings. The Balaban J connectivity index is 1.53. The van der Waals surface area contributed by atoms with Crippen LogP contribution in [0.2, 0.25) is 0 Å². The zero-order chi connectivity index (χ0) is 13.8. The molecule has 0 amide bonds. The van der Waals surface area contributed by atoms with Crippen LogP contribution in [0.1, 0.15) is 57.8 Å². The third-order valence-corrected chi connectivity index (χ3v) is 6.08. The van der Waals surface area contributed by atoms with Gasteiger partial charge in [-0.05, 0) is 38.1 Å². The van der Waals surface area contributed by atoms with E-state index in [-0.39, 0.29) is 0 Å². The van der Waals surface area contributed by atoms with Crippen LogP contribution in [0.5, 0.6) is 0 Å². The van der Waals surface area contributed by atoms with Crippen LogP contribution in [-0.2, 0) is 0 Å². The van der Waals surface area contributed by atoms with Crippen molar-refractivity contribution in [3.63, 3.8) is 0 Å². The van der Waals surface area contributed by atoms with Crippen LogP contribution >= 0.6 is 0 Å². The van der Waals surface area contributed by atoms with E-state index in [4.69, 9.17) is 5.73 Å². The second kappa shape index (κ2) is 7.24. The highest BCUT2D eigenvalue weighted by molar-refractivity contribution is 4.88. The van der Waals surface area contributed by atoms with Crippen molar-refractivity contribution in [3.05, 3.63) is 0 Å². The largest absolute Gasteiger partial charge is 0.330 e. The van der Waals surface area contributed by atoms with Gasteiger partial charge in [0.1, 0.15) is 0 Å². The third kappa shape index (κ3) is 3.37. The number of rotatable bonds is 3. The first kappa shape index (κ1) is 14.8. The third-order valence-electron chi connectivity index (χ3n) is 6.08. The molecule has 0 spiro atoms. The zero-order valence-corrected chi connectivity index (χ0v) is 13.1. The van der Waals surface area contributed by atoms with Crippen molar-refractivity contribution in [3.8, 4) is 0 Å². The predicted molar refractivity (Wildman–Crippen MR) is 84.8 cm³/mol. The van der Waals surface area contributed by atoms with Crippen LogP contribution in [0.25, 0.3) is 0 Å². The van der Waals surface area contributed by atoms with Crippen molar-refractivity contribution >= 4 is 0 Å². The summed E-state index contributed by atoms with van der Waals surface area (Å²) >= 11 is 0. The molecule has 1 aliphatic heterocycles. The van der Waals surface area contributed by atoms with Crippen LogP contribution < -0.4 is 5.73 Å². The fourth-order valence-electron chi connectivity index (χ4n) is 4.82. The zero-order valence-electron chi connectivity index (χ0n) is 13.1. The normalized spacial score (nSPS) is 35.2. The summed E-state index contributed by atoms with van der Waals surface area (Å²) in [7, 11) is 0. The molecule has 0 radical (unpaired) electrons. The summed E-state index contributed by atoms with van der Waals surface area (Å²) in [5, 5.41) is 0. The van der Waals surface area contributed by atoms with E-state index >= 15 is 0 Å². The predicted octanol–water partition coefficient (Wildman–Crippen LogP) is 2.45. The first-order chi connectivity index (χ1) is 9.88. The van der Waals surface area contributed by atoms with E-state index in [1.54, 1.807) is 0 Å². The van der Waals surface area contributed by atoms with Crippen molar-refractivity contribution in [1.29, 1.82) is 0 Å². The lowest BCUT2D eigenvalue weighted by Gasteiger charge is -2.43. The molecule has 0 bridgehead atoms. The fraction of sp³-hybridized carbons (Fsp3) is 1.00. The second-order valence-corrected chi connectivity index (χ2v) is 7.21. The Hall–Kier alpha value is -0.120. The lowest BCUT2D eigenvalue weighted by Crippen LogP contribution is -2.54. The van der Waals surface area contributed by atoms with Gasteiger partial charge >= 0.3 is 0 Å². The van der Waals surface area contributed by atoms with Gasteiger partial charge in [-0.25, -0.2) is 0 Å². The minimum atomic E-state index is 0.760. The van der Waals surface area contributed by atoms with Crippen molar-refractivity contribution in [2.24, 2.45) is 11.7 Å². The molecule has 2 atom stereocenters. The average molecular weight is 279 g/mol. The van der Waals surface area contributed by atoms with Crippen LogP contribution in [0.4, 0.5) is 0 Å². The summed E-state index contributed by atoms with van der Waals surface area (Å²) in [6.45, 7) is 6.08. The molecule has 20 heavy (non-hydrogen) atoms. The van der Waals surface area contributed by atoms with Gasteiger partial charge in [-0.3, -0.25) is 9.80 Å². The molecule has 2 saturated carbocycles. The fourth-order valence-corrected chi connectivity index (χ4v) is 4.82. The summed E-state index contributed by atoms with van der Waals surface area (Å²) in [6.07, 6.45) is 12.8. The first-order valence-electron chi connectivity index (χ1n) is 9.06. The minimum absolute atomic E-state index is 0.760. The van der Waals surface area contributed by atoms with Crippen molar-refractivity contribution < 1.29 is 0 Å². The second-order valence-electron chi connectivity index (χ2n) is 7.21. The quantitative estimate of drug-likeness (QED) is 0.806. The Bertz CT molecular complexity index is 280. The average Bonchev–Trinajstić information content (AvgIpc) is 2.92. The van der Waals surface area contributed by atoms with E-state index in [0.29, 0.717) is 0 Å². The molecular weight excluding hydrogens is 246 g/mol. The van der Waals surface area contributed by atoms with Crippen molar-refractivity contribution in [1.82, 2.24) is 9.80 Å². The number of nitrogens with two attached hydrogens (primary N) is 1. The monoisotopic (exact) mass is 279 g/mol. The smallest absolute Gasteiger partial charge is 0.0137 e. The maximum Gasteiger partial charge on any atom is 0.0137 e. The van der Waals surface area contributed by atoms with E-state index in [2.05, 4.69) is 9.80 Å². The molecule has 3 heteroatoms. The topological polar surface area (TPSA) is 32.5 Å². The molecule has 0 aromatic heterocycles. The van der Waals surface area contributed by atoms with Gasteiger partial charge in [0.25, 0.3) is 0 Å². The summed E-state index contributed by atoms with van der Waals surface area (Å²) in [4.78, 5) is 5.56. The molecular formula is C17H33N3. The standard InChI is InChI=1S/C17H33N3/c18-14-15-6-2-1-3-9-17(15)20-12-10-19(11-13-20)16-7-4-5-8-16/h15-17H,1-14,18H2. The highest BCUT2D eigenvalue weighted by atomic mass is 15.3. The molecule has 1 saturated heterocycles. The SMILES string of the molecule is NCC1CCCCCC1N1CCN(C2CCCC2)CC1. The van der Waals surface area contributed by atoms with E-state index in [0.717, 1.165) is 24.5 Å². The van der Waals surface area contributed by atoms with Gasteiger partial charge in [0.05, 0.1) is 0 Å². The lowest BCUT2D eigenvalue weighted by atomic mass is 9.93. The highest BCUT2D eigenvalue weighted by Gasteiger charge is 2.32. The first-order valence-corrected chi connectivity index (χ1v) is 9.06. The van der Waals surface area contributed by atoms with Crippen molar-refractivity contribution in [2.45, 2.75) is 69.9 Å². The van der Waals surface area contributed by atoms with Gasteiger partial charge in [-0.2, -0.15) is 0 Å². The molecule has 2 aliphatic carbocycles. The Morgan fingerprint density at radius 1 is 0.700 bits per heavy atom. The van der Waals surface area contributed by atoms with Crippen LogP contribution in [0, 0.1) is 5.92 Å². The maximum absolute atomic E-state index is 6.06. The minimum Gasteiger partial charge on any atom is -0.330 e. The van der Waals surface area contributed by atoms with Crippen LogP contribution in [0.15, 0.2) is 0 Å². The Labute approximate surface area is 124 Å². The highest BCUT2D eigenvalue weighted by Crippen LogP contribution is 2.29. The molecule has 3 rings (SSSR count). The Morgan fingerprint density at radius 3 is 2.00 bits per heavy atom. The van der Waals surface area contributed by atoms with Gasteiger partial charge in [-0.1, -0.05) is 32.1 Å². The van der Waals surface area contributed by atoms with Gasteiger partial charge in [0.15, 0.2) is 0 Å². The summed E-state index contributed by atoms with van der Waals surface area (Å²) in [5.74, 6) is 0.760. The van der Waals surface area contributed by atoms with Crippen molar-refractivity contribution in [2.75, 3.05) is 32.7 Å². The van der Waals surface area contributed by atoms with Crippen LogP contribution in [-0.4, -0.2) is 54.6 Å². The van der Waals surface area contributed by atoms with E-state index in [1.807, 2.05) is 0 Å². The Morgan fingerprint density at radius 2 is 1.30 bits per heavy atom. The molecule has 3 aliphatic rings. The molecule has 3 fully saturated rings. The van der Waals surface area contributed by atoms with Crippen LogP contribution in [0.3, 0.4) is 0 Å². The maximum atomic E-state index is 6.06. The molecule has 116 valence electrons.